The zero-order valence-electron chi connectivity index (χ0n) is 16.1. The quantitative estimate of drug-likeness (QED) is 0.566. The van der Waals surface area contributed by atoms with Gasteiger partial charge in [-0.1, -0.05) is 39.7 Å². The Hall–Kier alpha value is -1.92. The Kier molecular flexibility index (Phi) is 6.40. The third-order valence-corrected chi connectivity index (χ3v) is 4.71. The molecule has 2 aromatic carbocycles. The molecule has 1 aliphatic rings. The van der Waals surface area contributed by atoms with Crippen molar-refractivity contribution in [1.82, 2.24) is 4.90 Å². The van der Waals surface area contributed by atoms with Gasteiger partial charge >= 0.3 is 6.09 Å². The minimum Gasteiger partial charge on any atom is -0.485 e. The Morgan fingerprint density at radius 1 is 1.18 bits per heavy atom. The van der Waals surface area contributed by atoms with Crippen LogP contribution in [0, 0.1) is 0 Å². The number of rotatable bonds is 5. The van der Waals surface area contributed by atoms with Crippen molar-refractivity contribution in [1.29, 1.82) is 0 Å². The molecule has 1 saturated heterocycles. The van der Waals surface area contributed by atoms with Crippen LogP contribution in [0.4, 0.5) is 4.79 Å². The summed E-state index contributed by atoms with van der Waals surface area (Å²) in [6.07, 6.45) is -0.422. The van der Waals surface area contributed by atoms with E-state index in [-0.39, 0.29) is 12.2 Å². The summed E-state index contributed by atoms with van der Waals surface area (Å²) in [5.74, 6) is 1.27. The number of likely N-dealkylation sites (tertiary alicyclic amines) is 1. The Balaban J connectivity index is 1.59. The average molecular weight is 469 g/mol. The highest BCUT2D eigenvalue weighted by Crippen LogP contribution is 2.33. The molecule has 1 fully saturated rings. The molecule has 28 heavy (non-hydrogen) atoms. The molecule has 0 radical (unpaired) electrons. The minimum atomic E-state index is -0.505. The summed E-state index contributed by atoms with van der Waals surface area (Å²) in [4.78, 5) is 13.7. The van der Waals surface area contributed by atoms with Gasteiger partial charge in [0.25, 0.3) is 0 Å². The fourth-order valence-electron chi connectivity index (χ4n) is 2.65. The van der Waals surface area contributed by atoms with Gasteiger partial charge in [0.1, 0.15) is 18.3 Å². The maximum absolute atomic E-state index is 12.1. The van der Waals surface area contributed by atoms with Crippen LogP contribution in [-0.4, -0.2) is 35.8 Å². The van der Waals surface area contributed by atoms with Crippen LogP contribution in [0.5, 0.6) is 11.5 Å². The van der Waals surface area contributed by atoms with Crippen LogP contribution in [0.3, 0.4) is 0 Å². The van der Waals surface area contributed by atoms with Gasteiger partial charge in [0.05, 0.1) is 13.1 Å². The molecular weight excluding hydrogens is 446 g/mol. The van der Waals surface area contributed by atoms with E-state index in [0.717, 1.165) is 10.0 Å². The first-order valence-corrected chi connectivity index (χ1v) is 10.2. The molecule has 0 atom stereocenters. The third kappa shape index (κ3) is 5.79. The van der Waals surface area contributed by atoms with Gasteiger partial charge in [-0.25, -0.2) is 4.79 Å². The summed E-state index contributed by atoms with van der Waals surface area (Å²) in [7, 11) is 0. The van der Waals surface area contributed by atoms with Crippen LogP contribution in [0.15, 0.2) is 46.9 Å². The highest BCUT2D eigenvalue weighted by molar-refractivity contribution is 9.10. The summed E-state index contributed by atoms with van der Waals surface area (Å²) in [6, 6.07) is 13.2. The van der Waals surface area contributed by atoms with Gasteiger partial charge in [-0.2, -0.15) is 0 Å². The summed E-state index contributed by atoms with van der Waals surface area (Å²) in [5.41, 5.74) is 0.468. The molecule has 0 aromatic heterocycles. The number of amides is 1. The Morgan fingerprint density at radius 2 is 1.93 bits per heavy atom. The van der Waals surface area contributed by atoms with Crippen LogP contribution in [0.1, 0.15) is 26.3 Å². The second kappa shape index (κ2) is 8.62. The highest BCUT2D eigenvalue weighted by Gasteiger charge is 2.35. The lowest BCUT2D eigenvalue weighted by Gasteiger charge is -2.39. The molecule has 0 unspecified atom stereocenters. The predicted octanol–water partition coefficient (Wildman–Crippen LogP) is 5.68. The molecule has 0 aliphatic carbocycles. The number of benzene rings is 2. The van der Waals surface area contributed by atoms with Crippen molar-refractivity contribution < 1.29 is 19.0 Å². The average Bonchev–Trinajstić information content (AvgIpc) is 2.55. The summed E-state index contributed by atoms with van der Waals surface area (Å²) >= 11 is 9.49. The van der Waals surface area contributed by atoms with Crippen molar-refractivity contribution in [3.05, 3.63) is 57.5 Å². The van der Waals surface area contributed by atoms with E-state index in [1.165, 1.54) is 0 Å². The minimum absolute atomic E-state index is 0.102. The van der Waals surface area contributed by atoms with E-state index < -0.39 is 5.60 Å². The highest BCUT2D eigenvalue weighted by atomic mass is 79.9. The zero-order valence-corrected chi connectivity index (χ0v) is 18.4. The normalized spacial score (nSPS) is 14.4. The first-order valence-electron chi connectivity index (χ1n) is 9.01. The van der Waals surface area contributed by atoms with Crippen LogP contribution < -0.4 is 9.47 Å². The van der Waals surface area contributed by atoms with E-state index in [1.807, 2.05) is 63.2 Å². The van der Waals surface area contributed by atoms with E-state index in [9.17, 15) is 4.79 Å². The van der Waals surface area contributed by atoms with E-state index in [0.29, 0.717) is 36.2 Å². The van der Waals surface area contributed by atoms with Gasteiger partial charge in [0, 0.05) is 9.50 Å². The fraction of sp³-hybridized carbons (Fsp3) is 0.381. The van der Waals surface area contributed by atoms with Crippen molar-refractivity contribution in [2.45, 2.75) is 39.1 Å². The predicted molar refractivity (Wildman–Crippen MR) is 112 cm³/mol. The zero-order chi connectivity index (χ0) is 20.3. The Labute approximate surface area is 178 Å². The lowest BCUT2D eigenvalue weighted by atomic mass is 10.1. The molecular formula is C21H23BrClNO4. The van der Waals surface area contributed by atoms with E-state index >= 15 is 0 Å². The second-order valence-electron chi connectivity index (χ2n) is 7.63. The molecule has 5 nitrogen and oxygen atoms in total. The number of carbonyl (C=O) groups is 1. The van der Waals surface area contributed by atoms with Crippen LogP contribution in [0.2, 0.25) is 5.02 Å². The molecule has 150 valence electrons. The van der Waals surface area contributed by atoms with Crippen LogP contribution in [-0.2, 0) is 11.3 Å². The number of hydrogen-bond donors (Lipinski definition) is 0. The summed E-state index contributed by atoms with van der Waals surface area (Å²) < 4.78 is 18.2. The topological polar surface area (TPSA) is 48.0 Å². The van der Waals surface area contributed by atoms with Gasteiger partial charge in [-0.05, 0) is 56.7 Å². The van der Waals surface area contributed by atoms with Gasteiger partial charge in [0.15, 0.2) is 11.5 Å². The van der Waals surface area contributed by atoms with Crippen molar-refractivity contribution in [3.63, 3.8) is 0 Å². The molecule has 1 amide bonds. The maximum Gasteiger partial charge on any atom is 0.410 e. The second-order valence-corrected chi connectivity index (χ2v) is 8.99. The number of halogens is 2. The molecule has 0 spiro atoms. The van der Waals surface area contributed by atoms with Gasteiger partial charge < -0.3 is 19.1 Å². The van der Waals surface area contributed by atoms with Crippen molar-refractivity contribution >= 4 is 33.6 Å². The molecule has 0 saturated carbocycles. The first-order chi connectivity index (χ1) is 13.2. The number of nitrogens with zero attached hydrogens (tertiary/aromatic N) is 1. The largest absolute Gasteiger partial charge is 0.485 e. The molecule has 0 bridgehead atoms. The number of carbonyl (C=O) groups excluding carboxylic acids is 1. The summed E-state index contributed by atoms with van der Waals surface area (Å²) in [6.45, 7) is 6.90. The number of hydrogen-bond acceptors (Lipinski definition) is 4. The van der Waals surface area contributed by atoms with Crippen molar-refractivity contribution in [2.75, 3.05) is 13.1 Å². The molecule has 3 rings (SSSR count). The van der Waals surface area contributed by atoms with Crippen molar-refractivity contribution in [3.8, 4) is 11.5 Å². The van der Waals surface area contributed by atoms with E-state index in [1.54, 1.807) is 4.90 Å². The van der Waals surface area contributed by atoms with Crippen LogP contribution in [0.25, 0.3) is 0 Å². The molecule has 1 aliphatic heterocycles. The lowest BCUT2D eigenvalue weighted by Crippen LogP contribution is -2.57. The Bertz CT molecular complexity index is 847. The third-order valence-electron chi connectivity index (χ3n) is 3.98. The molecule has 7 heteroatoms. The fourth-order valence-corrected chi connectivity index (χ4v) is 3.20. The SMILES string of the molecule is CC(C)(C)OC(=O)N1CC(Oc2cc(Br)ccc2OCc2cccc(Cl)c2)C1. The van der Waals surface area contributed by atoms with Gasteiger partial charge in [-0.15, -0.1) is 0 Å². The molecule has 1 heterocycles. The maximum atomic E-state index is 12.1. The summed E-state index contributed by atoms with van der Waals surface area (Å²) in [5, 5.41) is 0.671. The van der Waals surface area contributed by atoms with Crippen molar-refractivity contribution in [2.24, 2.45) is 0 Å². The molecule has 0 N–H and O–H groups in total. The standard InChI is InChI=1S/C21H23BrClNO4/c1-21(2,3)28-20(25)24-11-17(12-24)27-19-10-15(22)7-8-18(19)26-13-14-5-4-6-16(23)9-14/h4-10,17H,11-13H2,1-3H3. The van der Waals surface area contributed by atoms with E-state index in [2.05, 4.69) is 15.9 Å². The van der Waals surface area contributed by atoms with Crippen LogP contribution >= 0.6 is 27.5 Å². The first kappa shape index (κ1) is 20.8. The smallest absolute Gasteiger partial charge is 0.410 e. The van der Waals surface area contributed by atoms with E-state index in [4.69, 9.17) is 25.8 Å². The Morgan fingerprint density at radius 3 is 2.61 bits per heavy atom. The monoisotopic (exact) mass is 467 g/mol. The number of ether oxygens (including phenoxy) is 3. The lowest BCUT2D eigenvalue weighted by molar-refractivity contribution is -0.0227. The molecule has 2 aromatic rings. The van der Waals surface area contributed by atoms with Gasteiger partial charge in [-0.3, -0.25) is 0 Å². The van der Waals surface area contributed by atoms with Gasteiger partial charge in [0.2, 0.25) is 0 Å².